The molecule has 0 fully saturated rings. The third kappa shape index (κ3) is 4.75. The van der Waals surface area contributed by atoms with Crippen molar-refractivity contribution in [1.82, 2.24) is 0 Å². The van der Waals surface area contributed by atoms with Crippen LogP contribution in [0.2, 0.25) is 0 Å². The number of hydrogen-bond donors (Lipinski definition) is 1. The molecule has 3 aromatic rings. The fourth-order valence-electron chi connectivity index (χ4n) is 2.40. The van der Waals surface area contributed by atoms with Crippen molar-refractivity contribution in [1.29, 1.82) is 0 Å². The number of anilines is 1. The lowest BCUT2D eigenvalue weighted by Crippen LogP contribution is -2.12. The largest absolute Gasteiger partial charge is 0.465 e. The summed E-state index contributed by atoms with van der Waals surface area (Å²) in [6.07, 6.45) is 4.44. The summed E-state index contributed by atoms with van der Waals surface area (Å²) in [7, 11) is 0. The van der Waals surface area contributed by atoms with E-state index in [1.54, 1.807) is 25.1 Å². The monoisotopic (exact) mass is 445 g/mol. The Morgan fingerprint density at radius 1 is 1.26 bits per heavy atom. The van der Waals surface area contributed by atoms with Crippen LogP contribution in [0, 0.1) is 0 Å². The van der Waals surface area contributed by atoms with Gasteiger partial charge < -0.3 is 14.5 Å². The number of furan rings is 1. The van der Waals surface area contributed by atoms with Gasteiger partial charge in [0.05, 0.1) is 12.9 Å². The summed E-state index contributed by atoms with van der Waals surface area (Å²) < 4.78 is 11.3. The second-order valence-corrected chi connectivity index (χ2v) is 7.21. The van der Waals surface area contributed by atoms with Gasteiger partial charge in [-0.1, -0.05) is 28.1 Å². The molecule has 0 saturated heterocycles. The molecule has 7 heteroatoms. The first kappa shape index (κ1) is 19.1. The Morgan fingerprint density at radius 3 is 2.70 bits per heavy atom. The molecule has 27 heavy (non-hydrogen) atoms. The number of carbonyl (C=O) groups is 2. The van der Waals surface area contributed by atoms with Gasteiger partial charge in [0.25, 0.3) is 0 Å². The molecule has 2 aromatic heterocycles. The van der Waals surface area contributed by atoms with Crippen molar-refractivity contribution in [3.8, 4) is 11.1 Å². The molecule has 0 saturated carbocycles. The zero-order chi connectivity index (χ0) is 19.2. The first-order valence-electron chi connectivity index (χ1n) is 8.15. The fourth-order valence-corrected chi connectivity index (χ4v) is 3.62. The number of ether oxygens (including phenoxy) is 1. The number of nitrogens with one attached hydrogen (secondary N) is 1. The van der Waals surface area contributed by atoms with Crippen LogP contribution in [0.15, 0.2) is 63.0 Å². The van der Waals surface area contributed by atoms with E-state index in [-0.39, 0.29) is 12.5 Å². The first-order valence-corrected chi connectivity index (χ1v) is 9.83. The highest BCUT2D eigenvalue weighted by Gasteiger charge is 2.22. The van der Waals surface area contributed by atoms with Crippen molar-refractivity contribution in [3.63, 3.8) is 0 Å². The van der Waals surface area contributed by atoms with Crippen LogP contribution in [-0.4, -0.2) is 18.5 Å². The second kappa shape index (κ2) is 8.83. The van der Waals surface area contributed by atoms with E-state index in [4.69, 9.17) is 9.15 Å². The summed E-state index contributed by atoms with van der Waals surface area (Å²) in [6.45, 7) is 1.99. The summed E-state index contributed by atoms with van der Waals surface area (Å²) in [6, 6.07) is 11.1. The minimum Gasteiger partial charge on any atom is -0.465 e. The molecular weight excluding hydrogens is 430 g/mol. The van der Waals surface area contributed by atoms with Gasteiger partial charge in [-0.05, 0) is 42.8 Å². The van der Waals surface area contributed by atoms with Gasteiger partial charge >= 0.3 is 5.97 Å². The number of esters is 1. The van der Waals surface area contributed by atoms with Crippen LogP contribution >= 0.6 is 27.3 Å². The smallest absolute Gasteiger partial charge is 0.341 e. The Kier molecular flexibility index (Phi) is 6.26. The highest BCUT2D eigenvalue weighted by Crippen LogP contribution is 2.36. The molecule has 0 aliphatic heterocycles. The Bertz CT molecular complexity index is 959. The molecule has 0 bridgehead atoms. The Morgan fingerprint density at radius 2 is 2.04 bits per heavy atom. The number of thiophene rings is 1. The fraction of sp³-hybridized carbons (Fsp3) is 0.100. The molecule has 1 amide bonds. The molecule has 0 unspecified atom stereocenters. The molecular formula is C20H16BrNO4S. The SMILES string of the molecule is CCOC(=O)c1c(-c2ccc(Br)cc2)csc1NC(=O)C=Cc1ccco1. The van der Waals surface area contributed by atoms with Crippen molar-refractivity contribution < 1.29 is 18.7 Å². The molecule has 0 atom stereocenters. The van der Waals surface area contributed by atoms with Gasteiger partial charge in [0, 0.05) is 21.5 Å². The average Bonchev–Trinajstić information content (AvgIpc) is 3.31. The number of carbonyl (C=O) groups excluding carboxylic acids is 2. The molecule has 0 spiro atoms. The number of benzene rings is 1. The van der Waals surface area contributed by atoms with E-state index in [0.29, 0.717) is 16.3 Å². The van der Waals surface area contributed by atoms with E-state index >= 15 is 0 Å². The van der Waals surface area contributed by atoms with Gasteiger partial charge in [0.1, 0.15) is 16.3 Å². The number of amides is 1. The minimum absolute atomic E-state index is 0.250. The maximum Gasteiger partial charge on any atom is 0.341 e. The van der Waals surface area contributed by atoms with Gasteiger partial charge in [0.15, 0.2) is 0 Å². The zero-order valence-electron chi connectivity index (χ0n) is 14.4. The highest BCUT2D eigenvalue weighted by atomic mass is 79.9. The van der Waals surface area contributed by atoms with Gasteiger partial charge in [-0.25, -0.2) is 4.79 Å². The van der Waals surface area contributed by atoms with Gasteiger partial charge in [-0.3, -0.25) is 4.79 Å². The summed E-state index contributed by atoms with van der Waals surface area (Å²) in [4.78, 5) is 24.7. The maximum absolute atomic E-state index is 12.5. The van der Waals surface area contributed by atoms with Crippen LogP contribution in [0.3, 0.4) is 0 Å². The van der Waals surface area contributed by atoms with E-state index in [2.05, 4.69) is 21.2 Å². The van der Waals surface area contributed by atoms with Crippen molar-refractivity contribution in [2.45, 2.75) is 6.92 Å². The predicted octanol–water partition coefficient (Wildman–Crippen LogP) is 5.60. The van der Waals surface area contributed by atoms with E-state index in [0.717, 1.165) is 15.6 Å². The van der Waals surface area contributed by atoms with E-state index < -0.39 is 5.97 Å². The van der Waals surface area contributed by atoms with Crippen LogP contribution in [-0.2, 0) is 9.53 Å². The third-order valence-electron chi connectivity index (χ3n) is 3.60. The lowest BCUT2D eigenvalue weighted by Gasteiger charge is -2.08. The van der Waals surface area contributed by atoms with E-state index in [9.17, 15) is 9.59 Å². The van der Waals surface area contributed by atoms with Gasteiger partial charge in [-0.15, -0.1) is 11.3 Å². The quantitative estimate of drug-likeness (QED) is 0.396. The molecule has 0 aliphatic carbocycles. The van der Waals surface area contributed by atoms with Crippen LogP contribution in [0.5, 0.6) is 0 Å². The van der Waals surface area contributed by atoms with Crippen molar-refractivity contribution in [2.75, 3.05) is 11.9 Å². The van der Waals surface area contributed by atoms with Crippen LogP contribution in [0.25, 0.3) is 17.2 Å². The number of rotatable bonds is 6. The van der Waals surface area contributed by atoms with Crippen molar-refractivity contribution in [2.24, 2.45) is 0 Å². The predicted molar refractivity (Wildman–Crippen MR) is 110 cm³/mol. The molecule has 0 aliphatic rings. The summed E-state index contributed by atoms with van der Waals surface area (Å²) in [5.74, 6) is -0.263. The van der Waals surface area contributed by atoms with E-state index in [1.165, 1.54) is 23.7 Å². The molecule has 138 valence electrons. The van der Waals surface area contributed by atoms with Crippen molar-refractivity contribution in [3.05, 3.63) is 69.9 Å². The van der Waals surface area contributed by atoms with Gasteiger partial charge in [0.2, 0.25) is 5.91 Å². The third-order valence-corrected chi connectivity index (χ3v) is 5.03. The second-order valence-electron chi connectivity index (χ2n) is 5.42. The Balaban J connectivity index is 1.89. The summed E-state index contributed by atoms with van der Waals surface area (Å²) >= 11 is 4.68. The van der Waals surface area contributed by atoms with Gasteiger partial charge in [-0.2, -0.15) is 0 Å². The van der Waals surface area contributed by atoms with Crippen LogP contribution in [0.4, 0.5) is 5.00 Å². The molecule has 1 aromatic carbocycles. The molecule has 3 rings (SSSR count). The average molecular weight is 446 g/mol. The van der Waals surface area contributed by atoms with E-state index in [1.807, 2.05) is 29.6 Å². The number of hydrogen-bond acceptors (Lipinski definition) is 5. The van der Waals surface area contributed by atoms with Crippen LogP contribution in [0.1, 0.15) is 23.0 Å². The molecule has 2 heterocycles. The zero-order valence-corrected chi connectivity index (χ0v) is 16.8. The van der Waals surface area contributed by atoms with Crippen molar-refractivity contribution >= 4 is 50.2 Å². The van der Waals surface area contributed by atoms with Crippen LogP contribution < -0.4 is 5.32 Å². The summed E-state index contributed by atoms with van der Waals surface area (Å²) in [5, 5.41) is 5.03. The topological polar surface area (TPSA) is 68.5 Å². The Labute approximate surface area is 168 Å². The molecule has 1 N–H and O–H groups in total. The lowest BCUT2D eigenvalue weighted by atomic mass is 10.0. The normalized spacial score (nSPS) is 10.9. The number of halogens is 1. The summed E-state index contributed by atoms with van der Waals surface area (Å²) in [5.41, 5.74) is 1.93. The lowest BCUT2D eigenvalue weighted by molar-refractivity contribution is -0.111. The molecule has 0 radical (unpaired) electrons. The Hall–Kier alpha value is -2.64. The maximum atomic E-state index is 12.5. The minimum atomic E-state index is -0.470. The standard InChI is InChI=1S/C20H16BrNO4S/c1-2-25-20(24)18-16(13-5-7-14(21)8-6-13)12-27-19(18)22-17(23)10-9-15-4-3-11-26-15/h3-12H,2H2,1H3,(H,22,23). The molecule has 5 nitrogen and oxygen atoms in total. The first-order chi connectivity index (χ1) is 13.1. The highest BCUT2D eigenvalue weighted by molar-refractivity contribution is 9.10.